The second-order valence-electron chi connectivity index (χ2n) is 5.07. The van der Waals surface area contributed by atoms with E-state index >= 15 is 0 Å². The number of para-hydroxylation sites is 1. The third kappa shape index (κ3) is 4.33. The van der Waals surface area contributed by atoms with Crippen LogP contribution in [-0.2, 0) is 4.74 Å². The van der Waals surface area contributed by atoms with Crippen molar-refractivity contribution in [3.63, 3.8) is 0 Å². The van der Waals surface area contributed by atoms with E-state index in [9.17, 15) is 4.79 Å². The first-order chi connectivity index (χ1) is 12.2. The van der Waals surface area contributed by atoms with Crippen LogP contribution in [-0.4, -0.2) is 23.0 Å². The Balaban J connectivity index is 1.78. The third-order valence-electron chi connectivity index (χ3n) is 3.33. The SMILES string of the molecule is COC(=O)c1cccc(Nc2ccnc(Nc3ccccc3Br)n2)c1. The van der Waals surface area contributed by atoms with Crippen LogP contribution in [0, 0.1) is 0 Å². The van der Waals surface area contributed by atoms with Crippen molar-refractivity contribution in [2.24, 2.45) is 0 Å². The number of nitrogens with zero attached hydrogens (tertiary/aromatic N) is 2. The van der Waals surface area contributed by atoms with Gasteiger partial charge in [-0.05, 0) is 52.3 Å². The Morgan fingerprint density at radius 1 is 1.08 bits per heavy atom. The lowest BCUT2D eigenvalue weighted by Crippen LogP contribution is -2.03. The van der Waals surface area contributed by atoms with Crippen LogP contribution in [0.15, 0.2) is 65.3 Å². The molecule has 0 radical (unpaired) electrons. The number of hydrogen-bond acceptors (Lipinski definition) is 6. The highest BCUT2D eigenvalue weighted by atomic mass is 79.9. The van der Waals surface area contributed by atoms with Crippen LogP contribution >= 0.6 is 15.9 Å². The molecular formula is C18H15BrN4O2. The molecule has 25 heavy (non-hydrogen) atoms. The maximum absolute atomic E-state index is 11.6. The van der Waals surface area contributed by atoms with Gasteiger partial charge in [0.2, 0.25) is 5.95 Å². The Kier molecular flexibility index (Phi) is 5.25. The highest BCUT2D eigenvalue weighted by Crippen LogP contribution is 2.24. The molecule has 126 valence electrons. The number of methoxy groups -OCH3 is 1. The van der Waals surface area contributed by atoms with Gasteiger partial charge in [-0.1, -0.05) is 18.2 Å². The monoisotopic (exact) mass is 398 g/mol. The van der Waals surface area contributed by atoms with Crippen molar-refractivity contribution < 1.29 is 9.53 Å². The predicted octanol–water partition coefficient (Wildman–Crippen LogP) is 4.51. The van der Waals surface area contributed by atoms with Crippen molar-refractivity contribution in [2.75, 3.05) is 17.7 Å². The van der Waals surface area contributed by atoms with Crippen LogP contribution in [0.4, 0.5) is 23.1 Å². The van der Waals surface area contributed by atoms with Gasteiger partial charge in [-0.15, -0.1) is 0 Å². The van der Waals surface area contributed by atoms with Crippen molar-refractivity contribution >= 4 is 45.0 Å². The van der Waals surface area contributed by atoms with Crippen LogP contribution in [0.2, 0.25) is 0 Å². The van der Waals surface area contributed by atoms with Crippen LogP contribution in [0.25, 0.3) is 0 Å². The lowest BCUT2D eigenvalue weighted by molar-refractivity contribution is 0.0601. The molecule has 3 rings (SSSR count). The molecule has 3 aromatic rings. The minimum Gasteiger partial charge on any atom is -0.465 e. The van der Waals surface area contributed by atoms with Crippen molar-refractivity contribution in [3.05, 3.63) is 70.8 Å². The molecule has 0 spiro atoms. The molecule has 0 aliphatic heterocycles. The summed E-state index contributed by atoms with van der Waals surface area (Å²) in [5.41, 5.74) is 2.06. The van der Waals surface area contributed by atoms with E-state index in [1.54, 1.807) is 30.5 Å². The largest absolute Gasteiger partial charge is 0.465 e. The van der Waals surface area contributed by atoms with Crippen LogP contribution in [0.5, 0.6) is 0 Å². The van der Waals surface area contributed by atoms with Crippen molar-refractivity contribution in [2.45, 2.75) is 0 Å². The molecule has 0 saturated heterocycles. The molecule has 2 N–H and O–H groups in total. The zero-order valence-corrected chi connectivity index (χ0v) is 14.9. The summed E-state index contributed by atoms with van der Waals surface area (Å²) >= 11 is 3.48. The van der Waals surface area contributed by atoms with Gasteiger partial charge in [0.25, 0.3) is 0 Å². The Morgan fingerprint density at radius 2 is 1.92 bits per heavy atom. The van der Waals surface area contributed by atoms with E-state index in [0.29, 0.717) is 17.3 Å². The van der Waals surface area contributed by atoms with Crippen LogP contribution in [0.3, 0.4) is 0 Å². The quantitative estimate of drug-likeness (QED) is 0.615. The molecule has 2 aromatic carbocycles. The molecule has 0 atom stereocenters. The minimum absolute atomic E-state index is 0.386. The topological polar surface area (TPSA) is 76.1 Å². The molecule has 0 aliphatic rings. The summed E-state index contributed by atoms with van der Waals surface area (Å²) in [6.07, 6.45) is 1.65. The fourth-order valence-corrected chi connectivity index (χ4v) is 2.55. The number of nitrogens with one attached hydrogen (secondary N) is 2. The second kappa shape index (κ2) is 7.76. The summed E-state index contributed by atoms with van der Waals surface area (Å²) in [6, 6.07) is 16.5. The van der Waals surface area contributed by atoms with Gasteiger partial charge in [-0.3, -0.25) is 0 Å². The van der Waals surface area contributed by atoms with Gasteiger partial charge < -0.3 is 15.4 Å². The minimum atomic E-state index is -0.386. The van der Waals surface area contributed by atoms with Crippen LogP contribution < -0.4 is 10.6 Å². The number of esters is 1. The summed E-state index contributed by atoms with van der Waals surface area (Å²) in [5.74, 6) is 0.676. The number of hydrogen-bond donors (Lipinski definition) is 2. The number of rotatable bonds is 5. The molecule has 0 aliphatic carbocycles. The lowest BCUT2D eigenvalue weighted by atomic mass is 10.2. The Morgan fingerprint density at radius 3 is 2.72 bits per heavy atom. The van der Waals surface area contributed by atoms with Gasteiger partial charge >= 0.3 is 5.97 Å². The van der Waals surface area contributed by atoms with E-state index < -0.39 is 0 Å². The average molecular weight is 399 g/mol. The Labute approximate surface area is 153 Å². The summed E-state index contributed by atoms with van der Waals surface area (Å²) < 4.78 is 5.65. The lowest BCUT2D eigenvalue weighted by Gasteiger charge is -2.10. The van der Waals surface area contributed by atoms with Crippen LogP contribution in [0.1, 0.15) is 10.4 Å². The molecule has 0 bridgehead atoms. The maximum Gasteiger partial charge on any atom is 0.337 e. The first-order valence-electron chi connectivity index (χ1n) is 7.46. The van der Waals surface area contributed by atoms with Gasteiger partial charge in [0.05, 0.1) is 18.4 Å². The fourth-order valence-electron chi connectivity index (χ4n) is 2.16. The number of halogens is 1. The average Bonchev–Trinajstić information content (AvgIpc) is 2.63. The van der Waals surface area contributed by atoms with E-state index in [0.717, 1.165) is 15.8 Å². The number of carbonyl (C=O) groups is 1. The van der Waals surface area contributed by atoms with E-state index in [2.05, 4.69) is 36.5 Å². The van der Waals surface area contributed by atoms with Crippen molar-refractivity contribution in [1.82, 2.24) is 9.97 Å². The van der Waals surface area contributed by atoms with Gasteiger partial charge in [-0.25, -0.2) is 9.78 Å². The fraction of sp³-hybridized carbons (Fsp3) is 0.0556. The maximum atomic E-state index is 11.6. The van der Waals surface area contributed by atoms with Gasteiger partial charge in [0.1, 0.15) is 5.82 Å². The number of benzene rings is 2. The molecule has 0 amide bonds. The molecule has 0 fully saturated rings. The summed E-state index contributed by atoms with van der Waals surface area (Å²) in [4.78, 5) is 20.3. The van der Waals surface area contributed by atoms with Gasteiger partial charge in [0.15, 0.2) is 0 Å². The second-order valence-corrected chi connectivity index (χ2v) is 5.92. The zero-order valence-electron chi connectivity index (χ0n) is 13.4. The van der Waals surface area contributed by atoms with E-state index in [1.165, 1.54) is 7.11 Å². The zero-order chi connectivity index (χ0) is 17.6. The Bertz CT molecular complexity index is 902. The highest BCUT2D eigenvalue weighted by molar-refractivity contribution is 9.10. The van der Waals surface area contributed by atoms with E-state index in [1.807, 2.05) is 30.3 Å². The first kappa shape index (κ1) is 16.9. The van der Waals surface area contributed by atoms with E-state index in [4.69, 9.17) is 4.74 Å². The Hall–Kier alpha value is -2.93. The molecule has 7 heteroatoms. The van der Waals surface area contributed by atoms with E-state index in [-0.39, 0.29) is 5.97 Å². The van der Waals surface area contributed by atoms with Crippen molar-refractivity contribution in [1.29, 1.82) is 0 Å². The molecule has 6 nitrogen and oxygen atoms in total. The van der Waals surface area contributed by atoms with Gasteiger partial charge in [0, 0.05) is 16.4 Å². The summed E-state index contributed by atoms with van der Waals surface area (Å²) in [6.45, 7) is 0. The van der Waals surface area contributed by atoms with Gasteiger partial charge in [-0.2, -0.15) is 4.98 Å². The standard InChI is InChI=1S/C18H15BrN4O2/c1-25-17(24)12-5-4-6-13(11-12)21-16-9-10-20-18(23-16)22-15-8-3-2-7-14(15)19/h2-11H,1H3,(H2,20,21,22,23). The number of anilines is 4. The smallest absolute Gasteiger partial charge is 0.337 e. The molecule has 0 saturated carbocycles. The first-order valence-corrected chi connectivity index (χ1v) is 8.25. The number of aromatic nitrogens is 2. The normalized spacial score (nSPS) is 10.2. The molecular weight excluding hydrogens is 384 g/mol. The number of ether oxygens (including phenoxy) is 1. The van der Waals surface area contributed by atoms with Crippen molar-refractivity contribution in [3.8, 4) is 0 Å². The molecule has 1 heterocycles. The highest BCUT2D eigenvalue weighted by Gasteiger charge is 2.07. The summed E-state index contributed by atoms with van der Waals surface area (Å²) in [5, 5.41) is 6.31. The third-order valence-corrected chi connectivity index (χ3v) is 4.02. The predicted molar refractivity (Wildman–Crippen MR) is 101 cm³/mol. The number of carbonyl (C=O) groups excluding carboxylic acids is 1. The summed E-state index contributed by atoms with van der Waals surface area (Å²) in [7, 11) is 1.35. The molecule has 1 aromatic heterocycles. The molecule has 0 unspecified atom stereocenters.